The molecule has 0 aliphatic carbocycles. The summed E-state index contributed by atoms with van der Waals surface area (Å²) in [6, 6.07) is 6.26. The van der Waals surface area contributed by atoms with Gasteiger partial charge in [0.2, 0.25) is 5.91 Å². The molecule has 0 aromatic carbocycles. The second-order valence-corrected chi connectivity index (χ2v) is 6.85. The summed E-state index contributed by atoms with van der Waals surface area (Å²) >= 11 is 0. The van der Waals surface area contributed by atoms with Crippen LogP contribution in [0.5, 0.6) is 0 Å². The molecule has 1 aliphatic rings. The minimum atomic E-state index is 0.225. The highest BCUT2D eigenvalue weighted by atomic mass is 16.5. The van der Waals surface area contributed by atoms with Gasteiger partial charge in [-0.2, -0.15) is 5.10 Å². The Morgan fingerprint density at radius 2 is 2.16 bits per heavy atom. The van der Waals surface area contributed by atoms with Gasteiger partial charge in [0.1, 0.15) is 0 Å². The third kappa shape index (κ3) is 4.45. The number of pyridine rings is 1. The van der Waals surface area contributed by atoms with Crippen LogP contribution >= 0.6 is 0 Å². The first-order chi connectivity index (χ1) is 12.0. The van der Waals surface area contributed by atoms with Crippen LogP contribution in [0.3, 0.4) is 0 Å². The molecule has 0 unspecified atom stereocenters. The second-order valence-electron chi connectivity index (χ2n) is 6.85. The SMILES string of the molecule is COCCN1C[C@H](Cc2ccc(Cn3nc(C)cc3C)cn2)CC1=O. The third-order valence-electron chi connectivity index (χ3n) is 4.68. The van der Waals surface area contributed by atoms with Gasteiger partial charge in [0.05, 0.1) is 18.8 Å². The Labute approximate surface area is 148 Å². The highest BCUT2D eigenvalue weighted by Crippen LogP contribution is 2.21. The summed E-state index contributed by atoms with van der Waals surface area (Å²) in [7, 11) is 1.66. The number of likely N-dealkylation sites (tertiary alicyclic amines) is 1. The highest BCUT2D eigenvalue weighted by molar-refractivity contribution is 5.78. The molecule has 6 heteroatoms. The van der Waals surface area contributed by atoms with Crippen LogP contribution in [-0.2, 0) is 22.5 Å². The van der Waals surface area contributed by atoms with Crippen molar-refractivity contribution in [2.75, 3.05) is 26.8 Å². The molecule has 2 aromatic heterocycles. The van der Waals surface area contributed by atoms with Crippen molar-refractivity contribution < 1.29 is 9.53 Å². The molecule has 1 saturated heterocycles. The number of methoxy groups -OCH3 is 1. The van der Waals surface area contributed by atoms with Crippen LogP contribution in [0.15, 0.2) is 24.4 Å². The van der Waals surface area contributed by atoms with Gasteiger partial charge in [0.25, 0.3) is 0 Å². The molecule has 2 aromatic rings. The zero-order valence-corrected chi connectivity index (χ0v) is 15.2. The third-order valence-corrected chi connectivity index (χ3v) is 4.68. The predicted molar refractivity (Wildman–Crippen MR) is 95.3 cm³/mol. The van der Waals surface area contributed by atoms with Crippen molar-refractivity contribution in [1.29, 1.82) is 0 Å². The normalized spacial score (nSPS) is 17.5. The molecule has 0 bridgehead atoms. The van der Waals surface area contributed by atoms with E-state index in [4.69, 9.17) is 4.74 Å². The van der Waals surface area contributed by atoms with Gasteiger partial charge in [0.15, 0.2) is 0 Å². The van der Waals surface area contributed by atoms with Gasteiger partial charge in [-0.3, -0.25) is 14.5 Å². The first kappa shape index (κ1) is 17.6. The number of nitrogens with zero attached hydrogens (tertiary/aromatic N) is 4. The maximum Gasteiger partial charge on any atom is 0.223 e. The molecular formula is C19H26N4O2. The number of carbonyl (C=O) groups is 1. The Morgan fingerprint density at radius 1 is 1.32 bits per heavy atom. The van der Waals surface area contributed by atoms with E-state index in [1.807, 2.05) is 22.7 Å². The molecular weight excluding hydrogens is 316 g/mol. The Balaban J connectivity index is 1.56. The van der Waals surface area contributed by atoms with Crippen LogP contribution in [0.1, 0.15) is 29.1 Å². The summed E-state index contributed by atoms with van der Waals surface area (Å²) in [6.07, 6.45) is 3.37. The highest BCUT2D eigenvalue weighted by Gasteiger charge is 2.29. The monoisotopic (exact) mass is 342 g/mol. The van der Waals surface area contributed by atoms with Gasteiger partial charge in [-0.25, -0.2) is 0 Å². The summed E-state index contributed by atoms with van der Waals surface area (Å²) in [4.78, 5) is 18.5. The average Bonchev–Trinajstić information content (AvgIpc) is 3.08. The van der Waals surface area contributed by atoms with Crippen molar-refractivity contribution in [2.45, 2.75) is 33.2 Å². The van der Waals surface area contributed by atoms with Crippen LogP contribution in [0.25, 0.3) is 0 Å². The molecule has 25 heavy (non-hydrogen) atoms. The van der Waals surface area contributed by atoms with Gasteiger partial charge < -0.3 is 9.64 Å². The Kier molecular flexibility index (Phi) is 5.48. The van der Waals surface area contributed by atoms with Crippen LogP contribution in [-0.4, -0.2) is 52.4 Å². The maximum absolute atomic E-state index is 12.0. The average molecular weight is 342 g/mol. The lowest BCUT2D eigenvalue weighted by Crippen LogP contribution is -2.28. The largest absolute Gasteiger partial charge is 0.383 e. The molecule has 1 aliphatic heterocycles. The number of aromatic nitrogens is 3. The quantitative estimate of drug-likeness (QED) is 0.772. The Bertz CT molecular complexity index is 724. The number of ether oxygens (including phenoxy) is 1. The lowest BCUT2D eigenvalue weighted by Gasteiger charge is -2.15. The Morgan fingerprint density at radius 3 is 2.80 bits per heavy atom. The fourth-order valence-electron chi connectivity index (χ4n) is 3.38. The van der Waals surface area contributed by atoms with E-state index < -0.39 is 0 Å². The van der Waals surface area contributed by atoms with E-state index >= 15 is 0 Å². The molecule has 1 atom stereocenters. The minimum absolute atomic E-state index is 0.225. The molecule has 1 amide bonds. The van der Waals surface area contributed by atoms with Gasteiger partial charge in [-0.15, -0.1) is 0 Å². The lowest BCUT2D eigenvalue weighted by molar-refractivity contribution is -0.128. The number of carbonyl (C=O) groups excluding carboxylic acids is 1. The minimum Gasteiger partial charge on any atom is -0.383 e. The van der Waals surface area contributed by atoms with Crippen molar-refractivity contribution in [2.24, 2.45) is 5.92 Å². The van der Waals surface area contributed by atoms with Crippen LogP contribution in [0, 0.1) is 19.8 Å². The summed E-state index contributed by atoms with van der Waals surface area (Å²) < 4.78 is 7.06. The van der Waals surface area contributed by atoms with E-state index in [1.54, 1.807) is 7.11 Å². The van der Waals surface area contributed by atoms with E-state index in [9.17, 15) is 4.79 Å². The number of hydrogen-bond acceptors (Lipinski definition) is 4. The summed E-state index contributed by atoms with van der Waals surface area (Å²) in [6.45, 7) is 6.88. The molecule has 6 nitrogen and oxygen atoms in total. The molecule has 0 radical (unpaired) electrons. The van der Waals surface area contributed by atoms with Gasteiger partial charge in [-0.1, -0.05) is 6.07 Å². The summed E-state index contributed by atoms with van der Waals surface area (Å²) in [5, 5.41) is 4.49. The summed E-state index contributed by atoms with van der Waals surface area (Å²) in [5.41, 5.74) is 4.37. The molecule has 3 rings (SSSR count). The van der Waals surface area contributed by atoms with Crippen molar-refractivity contribution in [3.8, 4) is 0 Å². The Hall–Kier alpha value is -2.21. The number of rotatable bonds is 7. The number of aryl methyl sites for hydroxylation is 2. The van der Waals surface area contributed by atoms with Crippen molar-refractivity contribution >= 4 is 5.91 Å². The van der Waals surface area contributed by atoms with E-state index in [-0.39, 0.29) is 5.91 Å². The molecule has 1 fully saturated rings. The fourth-order valence-corrected chi connectivity index (χ4v) is 3.38. The molecule has 0 spiro atoms. The van der Waals surface area contributed by atoms with Gasteiger partial charge in [0, 0.05) is 44.2 Å². The molecule has 134 valence electrons. The van der Waals surface area contributed by atoms with Crippen molar-refractivity contribution in [3.63, 3.8) is 0 Å². The zero-order chi connectivity index (χ0) is 17.8. The maximum atomic E-state index is 12.0. The van der Waals surface area contributed by atoms with Crippen LogP contribution in [0.4, 0.5) is 0 Å². The van der Waals surface area contributed by atoms with E-state index in [0.717, 1.165) is 42.2 Å². The number of amides is 1. The van der Waals surface area contributed by atoms with Crippen LogP contribution < -0.4 is 0 Å². The van der Waals surface area contributed by atoms with Crippen LogP contribution in [0.2, 0.25) is 0 Å². The standard InChI is InChI=1S/C19H26N4O2/c1-14-8-15(2)23(21-14)13-16-4-5-18(20-11-16)9-17-10-19(24)22(12-17)6-7-25-3/h4-5,8,11,17H,6-7,9-10,12-13H2,1-3H3/t17-/m1/s1. The second kappa shape index (κ2) is 7.78. The molecule has 3 heterocycles. The van der Waals surface area contributed by atoms with Gasteiger partial charge in [-0.05, 0) is 43.9 Å². The topological polar surface area (TPSA) is 60.2 Å². The lowest BCUT2D eigenvalue weighted by atomic mass is 10.0. The smallest absolute Gasteiger partial charge is 0.223 e. The van der Waals surface area contributed by atoms with Crippen molar-refractivity contribution in [3.05, 3.63) is 47.0 Å². The molecule has 0 N–H and O–H groups in total. The fraction of sp³-hybridized carbons (Fsp3) is 0.526. The van der Waals surface area contributed by atoms with E-state index in [0.29, 0.717) is 25.5 Å². The van der Waals surface area contributed by atoms with E-state index in [2.05, 4.69) is 35.2 Å². The number of hydrogen-bond donors (Lipinski definition) is 0. The summed E-state index contributed by atoms with van der Waals surface area (Å²) in [5.74, 6) is 0.571. The zero-order valence-electron chi connectivity index (χ0n) is 15.2. The predicted octanol–water partition coefficient (Wildman–Crippen LogP) is 1.98. The first-order valence-electron chi connectivity index (χ1n) is 8.76. The molecule has 0 saturated carbocycles. The van der Waals surface area contributed by atoms with Gasteiger partial charge >= 0.3 is 0 Å². The first-order valence-corrected chi connectivity index (χ1v) is 8.76. The van der Waals surface area contributed by atoms with E-state index in [1.165, 1.54) is 0 Å². The van der Waals surface area contributed by atoms with Crippen molar-refractivity contribution in [1.82, 2.24) is 19.7 Å².